The monoisotopic (exact) mass is 572 g/mol. The van der Waals surface area contributed by atoms with Crippen LogP contribution in [0.25, 0.3) is 0 Å². The zero-order valence-electron chi connectivity index (χ0n) is 20.2. The highest BCUT2D eigenvalue weighted by Crippen LogP contribution is 2.40. The molecular formula is C21H27FN7O7S2+. The van der Waals surface area contributed by atoms with Crippen LogP contribution < -0.4 is 11.1 Å². The molecule has 0 bridgehead atoms. The number of hydrogen-bond acceptors (Lipinski definition) is 12. The van der Waals surface area contributed by atoms with Crippen molar-refractivity contribution >= 4 is 51.9 Å². The topological polar surface area (TPSA) is 201 Å². The first-order valence-electron chi connectivity index (χ1n) is 11.5. The number of nitrogen functional groups attached to an aromatic ring is 1. The number of carboxylic acids is 1. The quantitative estimate of drug-likeness (QED) is 0.0959. The Morgan fingerprint density at radius 2 is 2.21 bits per heavy atom. The number of oxime groups is 1. The SMILES string of the molecule is C[N+]1(CC=CC2=C(C(=O)O)N3C(=O)[C@@H](NC(=O)C(=NOCF)c4nsc(N)n4)[C@@H]3SC2)C[C@H](O)C[C@H]1CO. The molecule has 206 valence electrons. The Bertz CT molecular complexity index is 1210. The number of nitrogens with zero attached hydrogens (tertiary/aromatic N) is 5. The van der Waals surface area contributed by atoms with Crippen molar-refractivity contribution in [2.24, 2.45) is 5.16 Å². The lowest BCUT2D eigenvalue weighted by atomic mass is 10.0. The van der Waals surface area contributed by atoms with Gasteiger partial charge >= 0.3 is 5.97 Å². The molecule has 1 aromatic rings. The summed E-state index contributed by atoms with van der Waals surface area (Å²) in [6, 6.07) is -1.20. The van der Waals surface area contributed by atoms with Crippen LogP contribution in [0.3, 0.4) is 0 Å². The zero-order chi connectivity index (χ0) is 27.6. The third-order valence-corrected chi connectivity index (χ3v) is 8.51. The fourth-order valence-corrected chi connectivity index (χ4v) is 6.54. The van der Waals surface area contributed by atoms with E-state index in [1.54, 1.807) is 12.2 Å². The van der Waals surface area contributed by atoms with E-state index in [4.69, 9.17) is 5.73 Å². The summed E-state index contributed by atoms with van der Waals surface area (Å²) in [5, 5.41) is 34.7. The number of anilines is 1. The molecule has 2 saturated heterocycles. The molecule has 0 radical (unpaired) electrons. The predicted molar refractivity (Wildman–Crippen MR) is 134 cm³/mol. The standard InChI is InChI=1S/C21H26FN7O7S2/c1-29(6-12(31)5-11(29)7-30)4-2-3-10-8-37-19-14(18(33)28(19)15(10)20(34)35)24-17(32)13(26-36-9-22)16-25-21(23)38-27-16/h2-3,11-12,14,19,30-31H,4-9H2,1H3,(H3-,23,24,25,27,32,34,35)/p+1/t11-,12+,14+,19-,29?/m0/s1. The van der Waals surface area contributed by atoms with Crippen LogP contribution in [0.15, 0.2) is 28.6 Å². The minimum atomic E-state index is -1.31. The minimum absolute atomic E-state index is 0.0371. The average molecular weight is 573 g/mol. The summed E-state index contributed by atoms with van der Waals surface area (Å²) in [5.74, 6) is -2.80. The molecule has 0 aliphatic carbocycles. The molecule has 1 aromatic heterocycles. The maximum Gasteiger partial charge on any atom is 0.352 e. The van der Waals surface area contributed by atoms with E-state index in [1.807, 2.05) is 7.05 Å². The molecule has 6 N–H and O–H groups in total. The molecule has 3 aliphatic rings. The Morgan fingerprint density at radius 3 is 2.84 bits per heavy atom. The zero-order valence-corrected chi connectivity index (χ0v) is 21.8. The number of carboxylic acid groups (broad SMARTS) is 1. The highest BCUT2D eigenvalue weighted by atomic mass is 32.2. The number of aliphatic carboxylic acids is 1. The summed E-state index contributed by atoms with van der Waals surface area (Å²) >= 11 is 2.05. The number of likely N-dealkylation sites (N-methyl/N-ethyl adjacent to an activating group) is 1. The molecule has 17 heteroatoms. The van der Waals surface area contributed by atoms with Gasteiger partial charge in [0, 0.05) is 23.7 Å². The number of quaternary nitrogens is 1. The molecule has 3 aliphatic heterocycles. The fraction of sp³-hybridized carbons (Fsp3) is 0.524. The molecule has 0 spiro atoms. The van der Waals surface area contributed by atoms with Gasteiger partial charge in [0.1, 0.15) is 35.8 Å². The lowest BCUT2D eigenvalue weighted by Gasteiger charge is -2.49. The number of halogens is 1. The Morgan fingerprint density at radius 1 is 1.45 bits per heavy atom. The number of alkyl halides is 1. The van der Waals surface area contributed by atoms with Crippen LogP contribution in [0.2, 0.25) is 0 Å². The Balaban J connectivity index is 1.48. The molecule has 38 heavy (non-hydrogen) atoms. The summed E-state index contributed by atoms with van der Waals surface area (Å²) < 4.78 is 16.8. The van der Waals surface area contributed by atoms with Crippen molar-refractivity contribution in [1.82, 2.24) is 19.6 Å². The van der Waals surface area contributed by atoms with E-state index >= 15 is 0 Å². The van der Waals surface area contributed by atoms with E-state index in [0.29, 0.717) is 29.6 Å². The van der Waals surface area contributed by atoms with Gasteiger partial charge in [0.25, 0.3) is 18.7 Å². The number of likely N-dealkylation sites (tertiary alicyclic amines) is 1. The van der Waals surface area contributed by atoms with E-state index in [1.165, 1.54) is 11.8 Å². The molecular weight excluding hydrogens is 545 g/mol. The number of amides is 2. The molecule has 5 atom stereocenters. The van der Waals surface area contributed by atoms with Gasteiger partial charge in [-0.1, -0.05) is 11.2 Å². The van der Waals surface area contributed by atoms with Crippen molar-refractivity contribution in [1.29, 1.82) is 0 Å². The van der Waals surface area contributed by atoms with E-state index in [2.05, 4.69) is 24.7 Å². The first kappa shape index (κ1) is 27.9. The third-order valence-electron chi connectivity index (χ3n) is 6.67. The van der Waals surface area contributed by atoms with Crippen molar-refractivity contribution in [3.8, 4) is 0 Å². The molecule has 14 nitrogen and oxygen atoms in total. The van der Waals surface area contributed by atoms with Crippen molar-refractivity contribution in [2.45, 2.75) is 30.0 Å². The van der Waals surface area contributed by atoms with E-state index in [-0.39, 0.29) is 35.1 Å². The number of rotatable bonds is 10. The van der Waals surface area contributed by atoms with Crippen molar-refractivity contribution in [3.63, 3.8) is 0 Å². The normalized spacial score (nSPS) is 29.4. The number of thioether (sulfide) groups is 1. The van der Waals surface area contributed by atoms with Gasteiger partial charge in [-0.3, -0.25) is 14.5 Å². The number of carbonyl (C=O) groups is 3. The maximum absolute atomic E-state index is 13.0. The molecule has 2 amide bonds. The summed E-state index contributed by atoms with van der Waals surface area (Å²) in [6.07, 6.45) is 3.39. The first-order chi connectivity index (χ1) is 18.1. The highest BCUT2D eigenvalue weighted by Gasteiger charge is 2.54. The van der Waals surface area contributed by atoms with Gasteiger partial charge in [-0.25, -0.2) is 9.18 Å². The van der Waals surface area contributed by atoms with Gasteiger partial charge in [-0.05, 0) is 11.6 Å². The molecule has 0 saturated carbocycles. The molecule has 4 heterocycles. The van der Waals surface area contributed by atoms with Gasteiger partial charge in [0.2, 0.25) is 11.5 Å². The molecule has 1 unspecified atom stereocenters. The summed E-state index contributed by atoms with van der Waals surface area (Å²) in [7, 11) is 1.91. The fourth-order valence-electron chi connectivity index (χ4n) is 4.79. The largest absolute Gasteiger partial charge is 0.477 e. The summed E-state index contributed by atoms with van der Waals surface area (Å²) in [4.78, 5) is 47.2. The lowest BCUT2D eigenvalue weighted by molar-refractivity contribution is -0.917. The van der Waals surface area contributed by atoms with Gasteiger partial charge < -0.3 is 35.7 Å². The number of hydrogen-bond donors (Lipinski definition) is 5. The number of aliphatic hydroxyl groups excluding tert-OH is 2. The third kappa shape index (κ3) is 5.37. The second-order valence-electron chi connectivity index (χ2n) is 9.15. The van der Waals surface area contributed by atoms with Crippen molar-refractivity contribution < 1.29 is 43.4 Å². The van der Waals surface area contributed by atoms with Crippen LogP contribution in [-0.2, 0) is 19.2 Å². The number of aromatic nitrogens is 2. The first-order valence-corrected chi connectivity index (χ1v) is 13.3. The minimum Gasteiger partial charge on any atom is -0.477 e. The second-order valence-corrected chi connectivity index (χ2v) is 11.0. The van der Waals surface area contributed by atoms with Gasteiger partial charge in [-0.2, -0.15) is 9.36 Å². The average Bonchev–Trinajstić information content (AvgIpc) is 3.43. The summed E-state index contributed by atoms with van der Waals surface area (Å²) in [5.41, 5.74) is 5.29. The van der Waals surface area contributed by atoms with Crippen LogP contribution in [0.4, 0.5) is 9.52 Å². The maximum atomic E-state index is 13.0. The number of fused-ring (bicyclic) bond motifs is 1. The number of allylic oxidation sites excluding steroid dienone is 1. The number of carbonyl (C=O) groups excluding carboxylic acids is 2. The number of nitrogens with two attached hydrogens (primary N) is 1. The number of β-lactam (4-membered cyclic amide) rings is 1. The molecule has 4 rings (SSSR count). The van der Waals surface area contributed by atoms with Crippen LogP contribution in [0, 0.1) is 0 Å². The summed E-state index contributed by atoms with van der Waals surface area (Å²) in [6.45, 7) is -0.464. The van der Waals surface area contributed by atoms with E-state index in [0.717, 1.165) is 16.4 Å². The molecule has 0 aromatic carbocycles. The van der Waals surface area contributed by atoms with Crippen LogP contribution in [0.5, 0.6) is 0 Å². The second kappa shape index (κ2) is 11.3. The van der Waals surface area contributed by atoms with Gasteiger partial charge in [0.05, 0.1) is 20.2 Å². The Labute approximate surface area is 224 Å². The lowest BCUT2D eigenvalue weighted by Crippen LogP contribution is -2.71. The Kier molecular flexibility index (Phi) is 8.31. The van der Waals surface area contributed by atoms with Gasteiger partial charge in [0.15, 0.2) is 5.13 Å². The predicted octanol–water partition coefficient (Wildman–Crippen LogP) is -1.37. The highest BCUT2D eigenvalue weighted by molar-refractivity contribution is 8.00. The number of aliphatic hydroxyl groups is 2. The van der Waals surface area contributed by atoms with Crippen LogP contribution in [0.1, 0.15) is 12.2 Å². The van der Waals surface area contributed by atoms with Gasteiger partial charge in [-0.15, -0.1) is 11.8 Å². The smallest absolute Gasteiger partial charge is 0.352 e. The van der Waals surface area contributed by atoms with Crippen LogP contribution in [-0.4, -0.2) is 120 Å². The Hall–Kier alpha value is -3.12. The van der Waals surface area contributed by atoms with E-state index in [9.17, 15) is 34.1 Å². The molecule has 2 fully saturated rings. The van der Waals surface area contributed by atoms with Crippen LogP contribution >= 0.6 is 23.3 Å². The van der Waals surface area contributed by atoms with Crippen molar-refractivity contribution in [3.05, 3.63) is 29.2 Å². The van der Waals surface area contributed by atoms with E-state index < -0.39 is 47.9 Å². The number of nitrogens with one attached hydrogen (secondary N) is 1. The van der Waals surface area contributed by atoms with Crippen molar-refractivity contribution in [2.75, 3.05) is 45.1 Å².